The summed E-state index contributed by atoms with van der Waals surface area (Å²) >= 11 is 0. The molecule has 4 heterocycles. The lowest BCUT2D eigenvalue weighted by Crippen LogP contribution is -2.60. The summed E-state index contributed by atoms with van der Waals surface area (Å²) in [7, 11) is -24.9. The van der Waals surface area contributed by atoms with Crippen molar-refractivity contribution in [3.8, 4) is 0 Å². The maximum atomic E-state index is 13.7. The number of amides is 7. The second-order valence-corrected chi connectivity index (χ2v) is 32.0. The van der Waals surface area contributed by atoms with Crippen LogP contribution in [-0.4, -0.2) is 189 Å². The summed E-state index contributed by atoms with van der Waals surface area (Å²) in [6.45, 7) is 6.40. The molecule has 10 N–H and O–H groups in total. The van der Waals surface area contributed by atoms with Gasteiger partial charge in [-0.3, -0.25) is 56.3 Å². The lowest BCUT2D eigenvalue weighted by molar-refractivity contribution is -0.438. The SMILES string of the molecule is CC1(C)C2=[N+](CCCCCC(=O)NCCCCCNC(=O)C(CS(=O)(=O)O)NC(=O)C(CS(=O)(=O)O)NC(=O)C(CS(=O)(=O)O)NC(=O)CCCCCC3(C)/C(=C/C=C/C=C/2)N(CCCCCC(=O)ON2C(=O)CCC2=O)c2ccc(S(=O)(=O)O)cc23)c2ccc(S(=O)(=O)O)cc21. The smallest absolute Gasteiger partial charge is 0.333 e. The Bertz CT molecular complexity index is 4060. The quantitative estimate of drug-likeness (QED) is 0.0530. The number of allylic oxidation sites excluding steroid dienone is 6. The first-order valence-corrected chi connectivity index (χ1v) is 39.0. The van der Waals surface area contributed by atoms with E-state index in [1.165, 1.54) is 30.3 Å². The molecule has 6 rings (SSSR count). The Morgan fingerprint density at radius 2 is 1.09 bits per heavy atom. The molecule has 7 amide bonds. The lowest BCUT2D eigenvalue weighted by atomic mass is 9.77. The van der Waals surface area contributed by atoms with Crippen molar-refractivity contribution >= 4 is 115 Å². The van der Waals surface area contributed by atoms with Crippen molar-refractivity contribution in [3.05, 3.63) is 83.6 Å². The molecule has 0 spiro atoms. The molecule has 0 aliphatic carbocycles. The first kappa shape index (κ1) is 78.6. The van der Waals surface area contributed by atoms with Crippen molar-refractivity contribution < 1.29 is 113 Å². The van der Waals surface area contributed by atoms with Gasteiger partial charge in [-0.05, 0) is 121 Å². The van der Waals surface area contributed by atoms with Gasteiger partial charge in [0.15, 0.2) is 5.71 Å². The van der Waals surface area contributed by atoms with E-state index in [0.717, 1.165) is 5.71 Å². The molecule has 97 heavy (non-hydrogen) atoms. The summed E-state index contributed by atoms with van der Waals surface area (Å²) < 4.78 is 175. The molecule has 2 aromatic rings. The van der Waals surface area contributed by atoms with Gasteiger partial charge < -0.3 is 36.3 Å². The van der Waals surface area contributed by atoms with E-state index in [1.807, 2.05) is 47.0 Å². The second-order valence-electron chi connectivity index (χ2n) is 24.7. The number of hydrogen-bond acceptors (Lipinski definition) is 20. The molecule has 0 radical (unpaired) electrons. The van der Waals surface area contributed by atoms with Crippen LogP contribution < -0.4 is 31.5 Å². The van der Waals surface area contributed by atoms with Crippen LogP contribution >= 0.6 is 0 Å². The number of imide groups is 1. The molecule has 4 unspecified atom stereocenters. The zero-order valence-corrected chi connectivity index (χ0v) is 57.7. The van der Waals surface area contributed by atoms with Gasteiger partial charge in [-0.25, -0.2) is 4.79 Å². The third kappa shape index (κ3) is 23.1. The fraction of sp³-hybridized carbons (Fsp3) is 0.550. The maximum Gasteiger partial charge on any atom is 0.333 e. The minimum absolute atomic E-state index is 0.0189. The lowest BCUT2D eigenvalue weighted by Gasteiger charge is -2.30. The van der Waals surface area contributed by atoms with Crippen LogP contribution in [-0.2, 0) is 105 Å². The van der Waals surface area contributed by atoms with Crippen LogP contribution in [0.3, 0.4) is 0 Å². The molecule has 0 saturated carbocycles. The topological polar surface area (TPSA) is 487 Å². The Morgan fingerprint density at radius 3 is 1.68 bits per heavy atom. The number of carbonyl (C=O) groups is 8. The van der Waals surface area contributed by atoms with Crippen molar-refractivity contribution in [2.45, 2.75) is 175 Å². The molecule has 0 aromatic heterocycles. The van der Waals surface area contributed by atoms with Crippen LogP contribution in [0.15, 0.2) is 82.3 Å². The standard InChI is InChI=1S/C60H82N8O24S5/c1-59(2)42-35-40(96(86,87)88)24-26-47(42)66-33-17-6-12-21-51(69)61-31-15-8-16-32-62-56(74)44(37-93(77,78)79)64-58(76)46(39-95(83,84)85)65-57(75)45(38-94(80,81)82)63-52(70)22-11-5-14-30-60(3)43-36-41(97(89,90)91)25-27-48(43)67(50(60)20-10-4-9-19-49(59)66)34-18-7-13-23-55(73)92-68-53(71)28-29-54(68)72/h4,9-10,19-20,24-27,35-36,44-46H,5-8,11-18,21-23,28-34,37-39H2,1-3H3,(H9-,61,62,63,64,65,69,70,74,75,76,77,78,79,80,81,82,83,84,85,86,87,88,89,90,91)/p+1. The minimum Gasteiger partial charge on any atom is -0.356 e. The van der Waals surface area contributed by atoms with E-state index in [9.17, 15) is 103 Å². The summed E-state index contributed by atoms with van der Waals surface area (Å²) in [6.07, 6.45) is 12.8. The summed E-state index contributed by atoms with van der Waals surface area (Å²) in [5.74, 6) is -12.5. The van der Waals surface area contributed by atoms with Gasteiger partial charge in [-0.15, -0.1) is 5.06 Å². The molecule has 4 aliphatic rings. The van der Waals surface area contributed by atoms with Crippen molar-refractivity contribution in [1.82, 2.24) is 31.6 Å². The Kier molecular flexibility index (Phi) is 27.1. The van der Waals surface area contributed by atoms with Gasteiger partial charge in [0.25, 0.3) is 62.4 Å². The third-order valence-corrected chi connectivity index (χ3v) is 20.7. The van der Waals surface area contributed by atoms with E-state index in [2.05, 4.69) is 16.0 Å². The summed E-state index contributed by atoms with van der Waals surface area (Å²) in [4.78, 5) is 110. The number of nitrogens with one attached hydrogen (secondary N) is 5. The molecule has 1 fully saturated rings. The van der Waals surface area contributed by atoms with Crippen LogP contribution in [0.5, 0.6) is 0 Å². The third-order valence-electron chi connectivity index (χ3n) is 16.8. The largest absolute Gasteiger partial charge is 0.356 e. The highest BCUT2D eigenvalue weighted by Crippen LogP contribution is 2.52. The average Bonchev–Trinajstić information content (AvgIpc) is 1.59. The van der Waals surface area contributed by atoms with Crippen LogP contribution in [0, 0.1) is 0 Å². The number of rotatable bonds is 15. The molecule has 536 valence electrons. The predicted octanol–water partition coefficient (Wildman–Crippen LogP) is 2.54. The van der Waals surface area contributed by atoms with Gasteiger partial charge in [-0.1, -0.05) is 37.5 Å². The van der Waals surface area contributed by atoms with Crippen molar-refractivity contribution in [3.63, 3.8) is 0 Å². The van der Waals surface area contributed by atoms with E-state index < -0.39 is 150 Å². The molecule has 0 bridgehead atoms. The number of nitrogens with zero attached hydrogens (tertiary/aromatic N) is 3. The summed E-state index contributed by atoms with van der Waals surface area (Å²) in [5, 5.41) is 11.5. The fourth-order valence-corrected chi connectivity index (χ4v) is 14.9. The first-order chi connectivity index (χ1) is 45.2. The average molecular weight is 1460 g/mol. The maximum absolute atomic E-state index is 13.7. The zero-order chi connectivity index (χ0) is 71.9. The number of hydroxylamine groups is 2. The fourth-order valence-electron chi connectivity index (χ4n) is 11.9. The number of carbonyl (C=O) groups excluding carboxylic acids is 8. The van der Waals surface area contributed by atoms with Crippen molar-refractivity contribution in [2.24, 2.45) is 0 Å². The molecular formula is C60H83N8O24S5+. The molecule has 1 saturated heterocycles. The van der Waals surface area contributed by atoms with Crippen LogP contribution in [0.1, 0.15) is 147 Å². The molecule has 32 nitrogen and oxygen atoms in total. The van der Waals surface area contributed by atoms with Crippen LogP contribution in [0.2, 0.25) is 0 Å². The number of hydrogen-bond donors (Lipinski definition) is 10. The van der Waals surface area contributed by atoms with Gasteiger partial charge in [0, 0.05) is 92.7 Å². The monoisotopic (exact) mass is 1460 g/mol. The Labute approximate surface area is 563 Å². The van der Waals surface area contributed by atoms with Gasteiger partial charge in [0.1, 0.15) is 41.9 Å². The Hall–Kier alpha value is -7.36. The van der Waals surface area contributed by atoms with Gasteiger partial charge in [-0.2, -0.15) is 46.7 Å². The number of anilines is 1. The van der Waals surface area contributed by atoms with Crippen LogP contribution in [0.4, 0.5) is 11.4 Å². The summed E-state index contributed by atoms with van der Waals surface area (Å²) in [5.41, 5.74) is 1.75. The van der Waals surface area contributed by atoms with Gasteiger partial charge in [0.05, 0.1) is 15.2 Å². The van der Waals surface area contributed by atoms with Crippen molar-refractivity contribution in [1.29, 1.82) is 0 Å². The van der Waals surface area contributed by atoms with Crippen molar-refractivity contribution in [2.75, 3.05) is 48.3 Å². The molecule has 4 atom stereocenters. The zero-order valence-electron chi connectivity index (χ0n) is 53.6. The van der Waals surface area contributed by atoms with E-state index in [-0.39, 0.29) is 94.6 Å². The number of benzene rings is 2. The minimum atomic E-state index is -5.25. The second kappa shape index (κ2) is 33.5. The Morgan fingerprint density at radius 1 is 0.567 bits per heavy atom. The molecular weight excluding hydrogens is 1380 g/mol. The highest BCUT2D eigenvalue weighted by atomic mass is 32.2. The molecule has 2 aromatic carbocycles. The molecule has 37 heteroatoms. The Balaban J connectivity index is 1.34. The number of fused-ring (bicyclic) bond motifs is 5. The predicted molar refractivity (Wildman–Crippen MR) is 349 cm³/mol. The normalized spacial score (nSPS) is 23.8. The molecule has 4 aliphatic heterocycles. The van der Waals surface area contributed by atoms with Gasteiger partial charge >= 0.3 is 5.97 Å². The first-order valence-electron chi connectivity index (χ1n) is 31.3. The van der Waals surface area contributed by atoms with E-state index >= 15 is 0 Å². The van der Waals surface area contributed by atoms with E-state index in [0.29, 0.717) is 84.8 Å². The van der Waals surface area contributed by atoms with E-state index in [1.54, 1.807) is 30.4 Å². The van der Waals surface area contributed by atoms with E-state index in [4.69, 9.17) is 4.84 Å². The summed E-state index contributed by atoms with van der Waals surface area (Å²) in [6, 6.07) is 1.55. The van der Waals surface area contributed by atoms with Crippen LogP contribution in [0.25, 0.3) is 0 Å². The van der Waals surface area contributed by atoms with Gasteiger partial charge in [0.2, 0.25) is 35.2 Å². The highest BCUT2D eigenvalue weighted by Gasteiger charge is 2.46. The highest BCUT2D eigenvalue weighted by molar-refractivity contribution is 7.86. The number of unbranched alkanes of at least 4 members (excludes halogenated alkanes) is 2.